The molecule has 21 heavy (non-hydrogen) atoms. The molecule has 1 aliphatic rings. The standard InChI is InChI=1S/C18H27Cl2N/c1-13(2)11-21-12-17(14-6-4-3-5-7-14)16-9-8-15(19)10-18(16)20/h8-10,13-14,17,21H,3-7,11-12H2,1-2H3. The molecule has 0 heterocycles. The van der Waals surface area contributed by atoms with Gasteiger partial charge in [-0.2, -0.15) is 0 Å². The molecule has 0 amide bonds. The van der Waals surface area contributed by atoms with Gasteiger partial charge in [0, 0.05) is 22.5 Å². The van der Waals surface area contributed by atoms with Crippen LogP contribution in [0.5, 0.6) is 0 Å². The van der Waals surface area contributed by atoms with E-state index in [0.29, 0.717) is 11.8 Å². The van der Waals surface area contributed by atoms with Gasteiger partial charge in [-0.05, 0) is 48.9 Å². The van der Waals surface area contributed by atoms with Gasteiger partial charge in [0.25, 0.3) is 0 Å². The summed E-state index contributed by atoms with van der Waals surface area (Å²) in [6.07, 6.45) is 6.75. The molecular formula is C18H27Cl2N. The van der Waals surface area contributed by atoms with Crippen LogP contribution >= 0.6 is 23.2 Å². The molecule has 1 saturated carbocycles. The highest BCUT2D eigenvalue weighted by molar-refractivity contribution is 6.35. The summed E-state index contributed by atoms with van der Waals surface area (Å²) >= 11 is 12.5. The van der Waals surface area contributed by atoms with Gasteiger partial charge in [0.05, 0.1) is 0 Å². The summed E-state index contributed by atoms with van der Waals surface area (Å²) in [5.74, 6) is 1.93. The number of hydrogen-bond acceptors (Lipinski definition) is 1. The van der Waals surface area contributed by atoms with Crippen molar-refractivity contribution < 1.29 is 0 Å². The summed E-state index contributed by atoms with van der Waals surface area (Å²) < 4.78 is 0. The molecule has 1 aromatic rings. The Hall–Kier alpha value is -0.240. The maximum atomic E-state index is 6.47. The van der Waals surface area contributed by atoms with Gasteiger partial charge in [-0.1, -0.05) is 62.4 Å². The summed E-state index contributed by atoms with van der Waals surface area (Å²) in [6.45, 7) is 6.58. The zero-order valence-corrected chi connectivity index (χ0v) is 14.7. The average molecular weight is 328 g/mol. The first-order valence-electron chi connectivity index (χ1n) is 8.23. The number of benzene rings is 1. The van der Waals surface area contributed by atoms with E-state index in [1.165, 1.54) is 37.7 Å². The Morgan fingerprint density at radius 2 is 1.81 bits per heavy atom. The predicted molar refractivity (Wildman–Crippen MR) is 93.5 cm³/mol. The van der Waals surface area contributed by atoms with Crippen LogP contribution in [0, 0.1) is 11.8 Å². The maximum Gasteiger partial charge on any atom is 0.0456 e. The monoisotopic (exact) mass is 327 g/mol. The van der Waals surface area contributed by atoms with E-state index in [4.69, 9.17) is 23.2 Å². The van der Waals surface area contributed by atoms with E-state index in [1.807, 2.05) is 12.1 Å². The minimum absolute atomic E-state index is 0.508. The van der Waals surface area contributed by atoms with Gasteiger partial charge in [-0.3, -0.25) is 0 Å². The lowest BCUT2D eigenvalue weighted by molar-refractivity contribution is 0.295. The fraction of sp³-hybridized carbons (Fsp3) is 0.667. The third-order valence-electron chi connectivity index (χ3n) is 4.50. The molecule has 118 valence electrons. The molecule has 1 atom stereocenters. The molecule has 1 aromatic carbocycles. The smallest absolute Gasteiger partial charge is 0.0456 e. The second-order valence-electron chi connectivity index (χ2n) is 6.72. The van der Waals surface area contributed by atoms with E-state index < -0.39 is 0 Å². The zero-order chi connectivity index (χ0) is 15.2. The van der Waals surface area contributed by atoms with Crippen molar-refractivity contribution in [2.24, 2.45) is 11.8 Å². The summed E-state index contributed by atoms with van der Waals surface area (Å²) in [7, 11) is 0. The van der Waals surface area contributed by atoms with Crippen LogP contribution in [0.15, 0.2) is 18.2 Å². The highest BCUT2D eigenvalue weighted by Crippen LogP contribution is 2.39. The SMILES string of the molecule is CC(C)CNCC(c1ccc(Cl)cc1Cl)C1CCCCC1. The molecule has 0 bridgehead atoms. The van der Waals surface area contributed by atoms with Gasteiger partial charge >= 0.3 is 0 Å². The lowest BCUT2D eigenvalue weighted by Gasteiger charge is -2.32. The average Bonchev–Trinajstić information content (AvgIpc) is 2.45. The summed E-state index contributed by atoms with van der Waals surface area (Å²) in [5.41, 5.74) is 1.27. The molecule has 2 rings (SSSR count). The number of nitrogens with one attached hydrogen (secondary N) is 1. The Balaban J connectivity index is 2.13. The van der Waals surface area contributed by atoms with E-state index in [1.54, 1.807) is 0 Å². The Kier molecular flexibility index (Phi) is 6.85. The van der Waals surface area contributed by atoms with E-state index >= 15 is 0 Å². The fourth-order valence-electron chi connectivity index (χ4n) is 3.40. The van der Waals surface area contributed by atoms with E-state index in [-0.39, 0.29) is 0 Å². The minimum Gasteiger partial charge on any atom is -0.316 e. The first-order valence-corrected chi connectivity index (χ1v) is 8.99. The van der Waals surface area contributed by atoms with Gasteiger partial charge in [-0.15, -0.1) is 0 Å². The summed E-state index contributed by atoms with van der Waals surface area (Å²) in [4.78, 5) is 0. The van der Waals surface area contributed by atoms with Crippen molar-refractivity contribution in [3.8, 4) is 0 Å². The molecule has 3 heteroatoms. The van der Waals surface area contributed by atoms with E-state index in [9.17, 15) is 0 Å². The third kappa shape index (κ3) is 5.16. The zero-order valence-electron chi connectivity index (χ0n) is 13.2. The molecule has 1 nitrogen and oxygen atoms in total. The summed E-state index contributed by atoms with van der Waals surface area (Å²) in [5, 5.41) is 5.18. The molecule has 0 aliphatic heterocycles. The van der Waals surface area contributed by atoms with Crippen LogP contribution in [0.2, 0.25) is 10.0 Å². The summed E-state index contributed by atoms with van der Waals surface area (Å²) in [6, 6.07) is 5.98. The van der Waals surface area contributed by atoms with Gasteiger partial charge in [0.1, 0.15) is 0 Å². The molecule has 0 aromatic heterocycles. The minimum atomic E-state index is 0.508. The Morgan fingerprint density at radius 3 is 2.43 bits per heavy atom. The van der Waals surface area contributed by atoms with Gasteiger partial charge < -0.3 is 5.32 Å². The Bertz CT molecular complexity index is 439. The predicted octanol–water partition coefficient (Wildman–Crippen LogP) is 5.90. The van der Waals surface area contributed by atoms with Crippen LogP contribution in [0.4, 0.5) is 0 Å². The third-order valence-corrected chi connectivity index (χ3v) is 5.06. The maximum absolute atomic E-state index is 6.47. The molecule has 0 radical (unpaired) electrons. The van der Waals surface area contributed by atoms with Crippen molar-refractivity contribution in [2.75, 3.05) is 13.1 Å². The van der Waals surface area contributed by atoms with Crippen LogP contribution in [0.1, 0.15) is 57.4 Å². The van der Waals surface area contributed by atoms with Crippen molar-refractivity contribution in [3.05, 3.63) is 33.8 Å². The number of rotatable bonds is 6. The molecule has 1 N–H and O–H groups in total. The van der Waals surface area contributed by atoms with Crippen molar-refractivity contribution >= 4 is 23.2 Å². The highest BCUT2D eigenvalue weighted by atomic mass is 35.5. The quantitative estimate of drug-likeness (QED) is 0.685. The molecule has 1 aliphatic carbocycles. The van der Waals surface area contributed by atoms with Gasteiger partial charge in [0.2, 0.25) is 0 Å². The van der Waals surface area contributed by atoms with Crippen molar-refractivity contribution in [2.45, 2.75) is 51.9 Å². The van der Waals surface area contributed by atoms with Crippen molar-refractivity contribution in [1.29, 1.82) is 0 Å². The van der Waals surface area contributed by atoms with Crippen LogP contribution in [-0.2, 0) is 0 Å². The van der Waals surface area contributed by atoms with Crippen LogP contribution in [-0.4, -0.2) is 13.1 Å². The van der Waals surface area contributed by atoms with Crippen LogP contribution in [0.3, 0.4) is 0 Å². The topological polar surface area (TPSA) is 12.0 Å². The first kappa shape index (κ1) is 17.1. The van der Waals surface area contributed by atoms with E-state index in [2.05, 4.69) is 25.2 Å². The van der Waals surface area contributed by atoms with Crippen LogP contribution < -0.4 is 5.32 Å². The molecule has 1 fully saturated rings. The first-order chi connectivity index (χ1) is 10.1. The number of hydrogen-bond donors (Lipinski definition) is 1. The molecule has 1 unspecified atom stereocenters. The highest BCUT2D eigenvalue weighted by Gasteiger charge is 2.26. The van der Waals surface area contributed by atoms with Gasteiger partial charge in [-0.25, -0.2) is 0 Å². The lowest BCUT2D eigenvalue weighted by Crippen LogP contribution is -2.30. The molecule has 0 saturated heterocycles. The lowest BCUT2D eigenvalue weighted by atomic mass is 9.76. The van der Waals surface area contributed by atoms with E-state index in [0.717, 1.165) is 29.1 Å². The second kappa shape index (κ2) is 8.41. The van der Waals surface area contributed by atoms with Crippen molar-refractivity contribution in [1.82, 2.24) is 5.32 Å². The van der Waals surface area contributed by atoms with Crippen LogP contribution in [0.25, 0.3) is 0 Å². The molecular weight excluding hydrogens is 301 g/mol. The Labute approximate surface area is 139 Å². The number of halogens is 2. The fourth-order valence-corrected chi connectivity index (χ4v) is 3.95. The molecule has 0 spiro atoms. The normalized spacial score (nSPS) is 18.1. The largest absolute Gasteiger partial charge is 0.316 e. The second-order valence-corrected chi connectivity index (χ2v) is 7.57. The Morgan fingerprint density at radius 1 is 1.10 bits per heavy atom. The van der Waals surface area contributed by atoms with Crippen molar-refractivity contribution in [3.63, 3.8) is 0 Å². The van der Waals surface area contributed by atoms with Gasteiger partial charge in [0.15, 0.2) is 0 Å².